The summed E-state index contributed by atoms with van der Waals surface area (Å²) in [5.74, 6) is 1.06. The molecular formula is C9H17N3. The molecule has 3 heteroatoms. The van der Waals surface area contributed by atoms with Crippen molar-refractivity contribution in [3.05, 3.63) is 17.2 Å². The predicted molar refractivity (Wildman–Crippen MR) is 50.1 cm³/mol. The first-order valence-electron chi connectivity index (χ1n) is 4.28. The van der Waals surface area contributed by atoms with E-state index in [1.165, 1.54) is 5.69 Å². The van der Waals surface area contributed by atoms with E-state index in [0.717, 1.165) is 18.1 Å². The van der Waals surface area contributed by atoms with Gasteiger partial charge in [-0.1, -0.05) is 0 Å². The zero-order valence-corrected chi connectivity index (χ0v) is 8.26. The molecule has 0 saturated heterocycles. The molecule has 0 bridgehead atoms. The van der Waals surface area contributed by atoms with Crippen molar-refractivity contribution < 1.29 is 0 Å². The molecule has 0 aliphatic rings. The lowest BCUT2D eigenvalue weighted by Gasteiger charge is -2.10. The fourth-order valence-corrected chi connectivity index (χ4v) is 1.38. The van der Waals surface area contributed by atoms with E-state index >= 15 is 0 Å². The summed E-state index contributed by atoms with van der Waals surface area (Å²) in [5, 5.41) is 0. The van der Waals surface area contributed by atoms with Gasteiger partial charge in [0.15, 0.2) is 0 Å². The lowest BCUT2D eigenvalue weighted by atomic mass is 10.3. The largest absolute Gasteiger partial charge is 0.331 e. The van der Waals surface area contributed by atoms with Crippen molar-refractivity contribution >= 4 is 0 Å². The van der Waals surface area contributed by atoms with E-state index in [-0.39, 0.29) is 6.04 Å². The zero-order chi connectivity index (χ0) is 9.30. The van der Waals surface area contributed by atoms with Crippen molar-refractivity contribution in [2.75, 3.05) is 0 Å². The van der Waals surface area contributed by atoms with Gasteiger partial charge in [0.1, 0.15) is 5.82 Å². The monoisotopic (exact) mass is 167 g/mol. The summed E-state index contributed by atoms with van der Waals surface area (Å²) in [4.78, 5) is 4.37. The maximum absolute atomic E-state index is 5.72. The van der Waals surface area contributed by atoms with Crippen molar-refractivity contribution in [2.45, 2.75) is 40.3 Å². The summed E-state index contributed by atoms with van der Waals surface area (Å²) in [6.07, 6.45) is 0. The van der Waals surface area contributed by atoms with Crippen LogP contribution in [-0.4, -0.2) is 15.6 Å². The van der Waals surface area contributed by atoms with Crippen LogP contribution in [0.15, 0.2) is 0 Å². The van der Waals surface area contributed by atoms with Gasteiger partial charge in [0, 0.05) is 18.3 Å². The third-order valence-corrected chi connectivity index (χ3v) is 2.12. The van der Waals surface area contributed by atoms with Crippen LogP contribution < -0.4 is 5.73 Å². The second-order valence-electron chi connectivity index (χ2n) is 3.42. The summed E-state index contributed by atoms with van der Waals surface area (Å²) in [5.41, 5.74) is 8.05. The Balaban J connectivity index is 2.97. The van der Waals surface area contributed by atoms with Gasteiger partial charge < -0.3 is 10.3 Å². The average molecular weight is 167 g/mol. The lowest BCUT2D eigenvalue weighted by Crippen LogP contribution is -2.23. The van der Waals surface area contributed by atoms with Crippen LogP contribution in [0.5, 0.6) is 0 Å². The molecule has 12 heavy (non-hydrogen) atoms. The van der Waals surface area contributed by atoms with Gasteiger partial charge in [-0.2, -0.15) is 0 Å². The summed E-state index contributed by atoms with van der Waals surface area (Å²) in [7, 11) is 0. The SMILES string of the molecule is Cc1nc(C)n(CC(C)N)c1C. The maximum atomic E-state index is 5.72. The topological polar surface area (TPSA) is 43.8 Å². The van der Waals surface area contributed by atoms with Gasteiger partial charge in [-0.15, -0.1) is 0 Å². The Morgan fingerprint density at radius 1 is 1.42 bits per heavy atom. The first-order chi connectivity index (χ1) is 5.52. The third-order valence-electron chi connectivity index (χ3n) is 2.12. The smallest absolute Gasteiger partial charge is 0.106 e. The van der Waals surface area contributed by atoms with Crippen LogP contribution in [0, 0.1) is 20.8 Å². The predicted octanol–water partition coefficient (Wildman–Crippen LogP) is 1.16. The molecule has 1 unspecified atom stereocenters. The van der Waals surface area contributed by atoms with E-state index in [4.69, 9.17) is 5.73 Å². The molecule has 0 saturated carbocycles. The van der Waals surface area contributed by atoms with Crippen LogP contribution in [0.3, 0.4) is 0 Å². The van der Waals surface area contributed by atoms with Crippen LogP contribution >= 0.6 is 0 Å². The Labute approximate surface area is 73.6 Å². The molecule has 1 heterocycles. The van der Waals surface area contributed by atoms with E-state index in [0.29, 0.717) is 0 Å². The molecule has 0 amide bonds. The van der Waals surface area contributed by atoms with E-state index in [1.807, 2.05) is 20.8 Å². The lowest BCUT2D eigenvalue weighted by molar-refractivity contribution is 0.567. The van der Waals surface area contributed by atoms with Crippen molar-refractivity contribution in [3.8, 4) is 0 Å². The molecule has 1 aromatic heterocycles. The van der Waals surface area contributed by atoms with Gasteiger partial charge >= 0.3 is 0 Å². The first kappa shape index (κ1) is 9.26. The summed E-state index contributed by atoms with van der Waals surface area (Å²) in [6, 6.07) is 0.191. The molecule has 0 fully saturated rings. The Morgan fingerprint density at radius 2 is 2.00 bits per heavy atom. The highest BCUT2D eigenvalue weighted by atomic mass is 15.1. The van der Waals surface area contributed by atoms with E-state index in [1.54, 1.807) is 0 Å². The highest BCUT2D eigenvalue weighted by Gasteiger charge is 2.07. The number of rotatable bonds is 2. The summed E-state index contributed by atoms with van der Waals surface area (Å²) < 4.78 is 2.17. The normalized spacial score (nSPS) is 13.4. The highest BCUT2D eigenvalue weighted by Crippen LogP contribution is 2.09. The van der Waals surface area contributed by atoms with Gasteiger partial charge in [-0.05, 0) is 27.7 Å². The molecule has 0 aliphatic heterocycles. The van der Waals surface area contributed by atoms with Gasteiger partial charge in [0.25, 0.3) is 0 Å². The molecule has 1 rings (SSSR count). The van der Waals surface area contributed by atoms with Gasteiger partial charge in [-0.3, -0.25) is 0 Å². The standard InChI is InChI=1S/C9H17N3/c1-6(10)5-12-8(3)7(2)11-9(12)4/h6H,5,10H2,1-4H3. The Hall–Kier alpha value is -0.830. The summed E-state index contributed by atoms with van der Waals surface area (Å²) >= 11 is 0. The van der Waals surface area contributed by atoms with Crippen molar-refractivity contribution in [2.24, 2.45) is 5.73 Å². The molecule has 0 aromatic carbocycles. The molecular weight excluding hydrogens is 150 g/mol. The fraction of sp³-hybridized carbons (Fsp3) is 0.667. The second-order valence-corrected chi connectivity index (χ2v) is 3.42. The van der Waals surface area contributed by atoms with E-state index < -0.39 is 0 Å². The molecule has 3 nitrogen and oxygen atoms in total. The molecule has 0 aliphatic carbocycles. The maximum Gasteiger partial charge on any atom is 0.106 e. The molecule has 0 spiro atoms. The fourth-order valence-electron chi connectivity index (χ4n) is 1.38. The molecule has 1 aromatic rings. The zero-order valence-electron chi connectivity index (χ0n) is 8.26. The Bertz CT molecular complexity index is 274. The van der Waals surface area contributed by atoms with Gasteiger partial charge in [0.05, 0.1) is 5.69 Å². The quantitative estimate of drug-likeness (QED) is 0.718. The highest BCUT2D eigenvalue weighted by molar-refractivity contribution is 5.13. The van der Waals surface area contributed by atoms with Crippen LogP contribution in [0.4, 0.5) is 0 Å². The van der Waals surface area contributed by atoms with Gasteiger partial charge in [-0.25, -0.2) is 4.98 Å². The molecule has 0 radical (unpaired) electrons. The first-order valence-corrected chi connectivity index (χ1v) is 4.28. The molecule has 1 atom stereocenters. The third kappa shape index (κ3) is 1.67. The van der Waals surface area contributed by atoms with Crippen LogP contribution in [0.2, 0.25) is 0 Å². The van der Waals surface area contributed by atoms with Gasteiger partial charge in [0.2, 0.25) is 0 Å². The number of hydrogen-bond acceptors (Lipinski definition) is 2. The van der Waals surface area contributed by atoms with Crippen LogP contribution in [0.25, 0.3) is 0 Å². The average Bonchev–Trinajstić information content (AvgIpc) is 2.16. The molecule has 68 valence electrons. The van der Waals surface area contributed by atoms with E-state index in [9.17, 15) is 0 Å². The minimum absolute atomic E-state index is 0.191. The number of nitrogens with two attached hydrogens (primary N) is 1. The number of imidazole rings is 1. The Morgan fingerprint density at radius 3 is 2.33 bits per heavy atom. The van der Waals surface area contributed by atoms with Crippen molar-refractivity contribution in [1.82, 2.24) is 9.55 Å². The summed E-state index contributed by atoms with van der Waals surface area (Å²) in [6.45, 7) is 8.99. The number of nitrogens with zero attached hydrogens (tertiary/aromatic N) is 2. The number of hydrogen-bond donors (Lipinski definition) is 1. The second kappa shape index (κ2) is 3.27. The minimum Gasteiger partial charge on any atom is -0.331 e. The van der Waals surface area contributed by atoms with Crippen molar-refractivity contribution in [1.29, 1.82) is 0 Å². The number of aryl methyl sites for hydroxylation is 2. The number of aromatic nitrogens is 2. The minimum atomic E-state index is 0.191. The van der Waals surface area contributed by atoms with E-state index in [2.05, 4.69) is 16.5 Å². The molecule has 2 N–H and O–H groups in total. The van der Waals surface area contributed by atoms with Crippen LogP contribution in [-0.2, 0) is 6.54 Å². The Kier molecular flexibility index (Phi) is 2.52. The van der Waals surface area contributed by atoms with Crippen molar-refractivity contribution in [3.63, 3.8) is 0 Å². The van der Waals surface area contributed by atoms with Crippen LogP contribution in [0.1, 0.15) is 24.1 Å².